The Morgan fingerprint density at radius 1 is 1.00 bits per heavy atom. The summed E-state index contributed by atoms with van der Waals surface area (Å²) in [7, 11) is 0. The molecule has 0 heterocycles. The third-order valence-corrected chi connectivity index (χ3v) is 2.74. The van der Waals surface area contributed by atoms with Gasteiger partial charge in [-0.2, -0.15) is 13.2 Å². The number of alkyl halides is 3. The van der Waals surface area contributed by atoms with Gasteiger partial charge >= 0.3 is 6.18 Å². The fraction of sp³-hybridized carbons (Fsp3) is 0.231. The van der Waals surface area contributed by atoms with Gasteiger partial charge in [0.1, 0.15) is 6.04 Å². The van der Waals surface area contributed by atoms with Crippen molar-refractivity contribution in [2.45, 2.75) is 18.6 Å². The molecule has 1 atom stereocenters. The predicted octanol–water partition coefficient (Wildman–Crippen LogP) is 3.27. The van der Waals surface area contributed by atoms with E-state index in [0.29, 0.717) is 5.56 Å². The van der Waals surface area contributed by atoms with E-state index in [-0.39, 0.29) is 6.42 Å². The topological polar surface area (TPSA) is 26.0 Å². The second kappa shape index (κ2) is 4.37. The molecule has 0 saturated carbocycles. The first kappa shape index (κ1) is 11.9. The second-order valence-electron chi connectivity index (χ2n) is 3.99. The molecule has 0 unspecified atom stereocenters. The van der Waals surface area contributed by atoms with Gasteiger partial charge in [0, 0.05) is 0 Å². The first-order valence-corrected chi connectivity index (χ1v) is 5.27. The van der Waals surface area contributed by atoms with Crippen molar-refractivity contribution in [3.63, 3.8) is 0 Å². The van der Waals surface area contributed by atoms with Gasteiger partial charge in [-0.1, -0.05) is 42.5 Å². The molecule has 2 rings (SSSR count). The van der Waals surface area contributed by atoms with Crippen LogP contribution in [0.2, 0.25) is 0 Å². The van der Waals surface area contributed by atoms with Crippen LogP contribution in [0.1, 0.15) is 5.56 Å². The molecule has 0 fully saturated rings. The largest absolute Gasteiger partial charge is 0.403 e. The number of rotatable bonds is 2. The highest BCUT2D eigenvalue weighted by atomic mass is 19.4. The van der Waals surface area contributed by atoms with Crippen LogP contribution < -0.4 is 5.73 Å². The van der Waals surface area contributed by atoms with Gasteiger partial charge in [-0.05, 0) is 22.8 Å². The first-order valence-electron chi connectivity index (χ1n) is 5.27. The molecule has 4 heteroatoms. The monoisotopic (exact) mass is 239 g/mol. The molecule has 0 aromatic heterocycles. The van der Waals surface area contributed by atoms with Crippen LogP contribution in [-0.4, -0.2) is 12.2 Å². The minimum atomic E-state index is -4.35. The third kappa shape index (κ3) is 2.58. The van der Waals surface area contributed by atoms with Gasteiger partial charge < -0.3 is 5.73 Å². The predicted molar refractivity (Wildman–Crippen MR) is 61.7 cm³/mol. The molecule has 2 N–H and O–H groups in total. The lowest BCUT2D eigenvalue weighted by atomic mass is 9.99. The van der Waals surface area contributed by atoms with Crippen molar-refractivity contribution in [3.05, 3.63) is 48.0 Å². The van der Waals surface area contributed by atoms with Gasteiger partial charge in [0.25, 0.3) is 0 Å². The number of halogens is 3. The summed E-state index contributed by atoms with van der Waals surface area (Å²) in [5.41, 5.74) is 5.78. The zero-order valence-electron chi connectivity index (χ0n) is 9.04. The van der Waals surface area contributed by atoms with Gasteiger partial charge in [-0.15, -0.1) is 0 Å². The van der Waals surface area contributed by atoms with E-state index in [1.54, 1.807) is 12.1 Å². The highest BCUT2D eigenvalue weighted by molar-refractivity contribution is 5.85. The van der Waals surface area contributed by atoms with Crippen LogP contribution in [0.15, 0.2) is 42.5 Å². The normalized spacial score (nSPS) is 13.9. The van der Waals surface area contributed by atoms with Crippen molar-refractivity contribution < 1.29 is 13.2 Å². The molecule has 0 bridgehead atoms. The van der Waals surface area contributed by atoms with Crippen LogP contribution >= 0.6 is 0 Å². The number of hydrogen-bond acceptors (Lipinski definition) is 1. The van der Waals surface area contributed by atoms with E-state index in [9.17, 15) is 13.2 Å². The van der Waals surface area contributed by atoms with E-state index in [0.717, 1.165) is 10.8 Å². The number of fused-ring (bicyclic) bond motifs is 1. The molecule has 1 nitrogen and oxygen atoms in total. The summed E-state index contributed by atoms with van der Waals surface area (Å²) < 4.78 is 37.2. The van der Waals surface area contributed by atoms with Crippen LogP contribution in [0.5, 0.6) is 0 Å². The van der Waals surface area contributed by atoms with E-state index in [1.807, 2.05) is 30.3 Å². The van der Waals surface area contributed by atoms with Crippen molar-refractivity contribution in [2.75, 3.05) is 0 Å². The molecule has 0 aliphatic heterocycles. The van der Waals surface area contributed by atoms with E-state index in [4.69, 9.17) is 5.73 Å². The highest BCUT2D eigenvalue weighted by Gasteiger charge is 2.36. The van der Waals surface area contributed by atoms with Crippen molar-refractivity contribution in [2.24, 2.45) is 5.73 Å². The summed E-state index contributed by atoms with van der Waals surface area (Å²) in [6.45, 7) is 0. The maximum absolute atomic E-state index is 12.4. The molecule has 0 amide bonds. The van der Waals surface area contributed by atoms with E-state index < -0.39 is 12.2 Å². The number of benzene rings is 2. The number of nitrogens with two attached hydrogens (primary N) is 1. The SMILES string of the molecule is N[C@@H](Cc1cccc2ccccc12)C(F)(F)F. The third-order valence-electron chi connectivity index (χ3n) is 2.74. The Morgan fingerprint density at radius 3 is 2.35 bits per heavy atom. The van der Waals surface area contributed by atoms with Gasteiger partial charge in [0.15, 0.2) is 0 Å². The van der Waals surface area contributed by atoms with Crippen LogP contribution in [0, 0.1) is 0 Å². The molecule has 0 spiro atoms. The van der Waals surface area contributed by atoms with Gasteiger partial charge in [0.2, 0.25) is 0 Å². The van der Waals surface area contributed by atoms with Crippen molar-refractivity contribution >= 4 is 10.8 Å². The minimum Gasteiger partial charge on any atom is -0.320 e. The molecule has 0 radical (unpaired) electrons. The molecule has 2 aromatic carbocycles. The zero-order chi connectivity index (χ0) is 12.5. The Hall–Kier alpha value is -1.55. The molecule has 0 saturated heterocycles. The van der Waals surface area contributed by atoms with E-state index in [1.165, 1.54) is 0 Å². The Morgan fingerprint density at radius 2 is 1.65 bits per heavy atom. The lowest BCUT2D eigenvalue weighted by Gasteiger charge is -2.16. The maximum Gasteiger partial charge on any atom is 0.403 e. The summed E-state index contributed by atoms with van der Waals surface area (Å²) in [6, 6.07) is 10.9. The highest BCUT2D eigenvalue weighted by Crippen LogP contribution is 2.25. The van der Waals surface area contributed by atoms with Crippen LogP contribution in [0.3, 0.4) is 0 Å². The Bertz CT molecular complexity index is 514. The molecule has 90 valence electrons. The molecule has 17 heavy (non-hydrogen) atoms. The fourth-order valence-electron chi connectivity index (χ4n) is 1.82. The van der Waals surface area contributed by atoms with Gasteiger partial charge in [-0.3, -0.25) is 0 Å². The standard InChI is InChI=1S/C13H12F3N/c14-13(15,16)12(17)8-10-6-3-5-9-4-1-2-7-11(9)10/h1-7,12H,8,17H2/t12-/m0/s1. The summed E-state index contributed by atoms with van der Waals surface area (Å²) in [5.74, 6) is 0. The van der Waals surface area contributed by atoms with Crippen molar-refractivity contribution in [1.29, 1.82) is 0 Å². The fourth-order valence-corrected chi connectivity index (χ4v) is 1.82. The maximum atomic E-state index is 12.4. The molecular formula is C13H12F3N. The summed E-state index contributed by atoms with van der Waals surface area (Å²) >= 11 is 0. The Labute approximate surface area is 97.0 Å². The van der Waals surface area contributed by atoms with E-state index >= 15 is 0 Å². The smallest absolute Gasteiger partial charge is 0.320 e. The summed E-state index contributed by atoms with van der Waals surface area (Å²) in [5, 5.41) is 1.76. The second-order valence-corrected chi connectivity index (χ2v) is 3.99. The lowest BCUT2D eigenvalue weighted by Crippen LogP contribution is -2.39. The van der Waals surface area contributed by atoms with Crippen LogP contribution in [0.25, 0.3) is 10.8 Å². The molecule has 0 aliphatic carbocycles. The summed E-state index contributed by atoms with van der Waals surface area (Å²) in [6.07, 6.45) is -4.54. The average Bonchev–Trinajstić information content (AvgIpc) is 2.28. The van der Waals surface area contributed by atoms with Crippen molar-refractivity contribution in [1.82, 2.24) is 0 Å². The average molecular weight is 239 g/mol. The van der Waals surface area contributed by atoms with E-state index in [2.05, 4.69) is 0 Å². The molecular weight excluding hydrogens is 227 g/mol. The first-order chi connectivity index (χ1) is 7.98. The van der Waals surface area contributed by atoms with Gasteiger partial charge in [0.05, 0.1) is 0 Å². The Balaban J connectivity index is 2.36. The number of hydrogen-bond donors (Lipinski definition) is 1. The summed E-state index contributed by atoms with van der Waals surface area (Å²) in [4.78, 5) is 0. The van der Waals surface area contributed by atoms with Crippen LogP contribution in [-0.2, 0) is 6.42 Å². The lowest BCUT2D eigenvalue weighted by molar-refractivity contribution is -0.147. The molecule has 0 aliphatic rings. The van der Waals surface area contributed by atoms with Crippen molar-refractivity contribution in [3.8, 4) is 0 Å². The zero-order valence-corrected chi connectivity index (χ0v) is 9.04. The quantitative estimate of drug-likeness (QED) is 0.855. The van der Waals surface area contributed by atoms with Crippen LogP contribution in [0.4, 0.5) is 13.2 Å². The molecule has 2 aromatic rings. The van der Waals surface area contributed by atoms with Gasteiger partial charge in [-0.25, -0.2) is 0 Å². The minimum absolute atomic E-state index is 0.190. The Kier molecular flexibility index (Phi) is 3.07.